The van der Waals surface area contributed by atoms with Crippen LogP contribution in [-0.4, -0.2) is 52.4 Å². The Labute approximate surface area is 96.5 Å². The highest BCUT2D eigenvalue weighted by atomic mass is 32.2. The van der Waals surface area contributed by atoms with Gasteiger partial charge in [-0.05, 0) is 10.4 Å². The van der Waals surface area contributed by atoms with Crippen molar-refractivity contribution in [3.8, 4) is 0 Å². The summed E-state index contributed by atoms with van der Waals surface area (Å²) in [6.45, 7) is 0.348. The molecule has 0 aliphatic rings. The van der Waals surface area contributed by atoms with Crippen LogP contribution in [0, 0.1) is 0 Å². The van der Waals surface area contributed by atoms with E-state index >= 15 is 0 Å². The standard InChI is InChI=1S/C7H13N5O3S/c1-14-6(15-2)3-12-7(9-10-11-12)16-4-5(8)13/h6H,3-4H2,1-2H3,(H2,8,13). The first-order valence-corrected chi connectivity index (χ1v) is 5.38. The monoisotopic (exact) mass is 247 g/mol. The van der Waals surface area contributed by atoms with Gasteiger partial charge in [0.05, 0.1) is 12.3 Å². The fraction of sp³-hybridized carbons (Fsp3) is 0.714. The third kappa shape index (κ3) is 3.76. The number of rotatable bonds is 7. The lowest BCUT2D eigenvalue weighted by atomic mass is 10.6. The third-order valence-electron chi connectivity index (χ3n) is 1.69. The number of hydrogen-bond donors (Lipinski definition) is 1. The molecular formula is C7H13N5O3S. The highest BCUT2D eigenvalue weighted by Gasteiger charge is 2.13. The average Bonchev–Trinajstić information content (AvgIpc) is 2.70. The van der Waals surface area contributed by atoms with Gasteiger partial charge >= 0.3 is 0 Å². The molecule has 0 fully saturated rings. The molecule has 1 rings (SSSR count). The minimum absolute atomic E-state index is 0.130. The molecule has 0 bridgehead atoms. The van der Waals surface area contributed by atoms with Gasteiger partial charge in [0.1, 0.15) is 0 Å². The second-order valence-electron chi connectivity index (χ2n) is 2.80. The molecule has 1 heterocycles. The third-order valence-corrected chi connectivity index (χ3v) is 2.67. The topological polar surface area (TPSA) is 105 Å². The number of carbonyl (C=O) groups excluding carboxylic acids is 1. The lowest BCUT2D eigenvalue weighted by Gasteiger charge is -2.13. The summed E-state index contributed by atoms with van der Waals surface area (Å²) in [7, 11) is 3.05. The number of nitrogens with zero attached hydrogens (tertiary/aromatic N) is 4. The summed E-state index contributed by atoms with van der Waals surface area (Å²) in [6, 6.07) is 0. The summed E-state index contributed by atoms with van der Waals surface area (Å²) in [6.07, 6.45) is -0.434. The number of nitrogens with two attached hydrogens (primary N) is 1. The molecule has 0 aromatic carbocycles. The van der Waals surface area contributed by atoms with E-state index in [0.717, 1.165) is 0 Å². The first-order valence-electron chi connectivity index (χ1n) is 4.40. The average molecular weight is 247 g/mol. The van der Waals surface area contributed by atoms with E-state index in [1.165, 1.54) is 30.7 Å². The van der Waals surface area contributed by atoms with E-state index in [1.54, 1.807) is 0 Å². The first kappa shape index (κ1) is 12.9. The van der Waals surface area contributed by atoms with Crippen LogP contribution in [0.1, 0.15) is 0 Å². The van der Waals surface area contributed by atoms with Crippen molar-refractivity contribution in [3.63, 3.8) is 0 Å². The predicted molar refractivity (Wildman–Crippen MR) is 55.5 cm³/mol. The minimum atomic E-state index is -0.434. The molecule has 0 atom stereocenters. The molecule has 9 heteroatoms. The zero-order valence-electron chi connectivity index (χ0n) is 8.99. The Balaban J connectivity index is 2.59. The number of methoxy groups -OCH3 is 2. The van der Waals surface area contributed by atoms with E-state index in [-0.39, 0.29) is 5.75 Å². The Bertz CT molecular complexity index is 341. The molecule has 0 saturated heterocycles. The summed E-state index contributed by atoms with van der Waals surface area (Å²) in [4.78, 5) is 10.6. The Hall–Kier alpha value is -1.19. The lowest BCUT2D eigenvalue weighted by molar-refractivity contribution is -0.115. The molecule has 0 aliphatic heterocycles. The van der Waals surface area contributed by atoms with Crippen LogP contribution in [0.25, 0.3) is 0 Å². The van der Waals surface area contributed by atoms with Crippen molar-refractivity contribution in [1.29, 1.82) is 0 Å². The quantitative estimate of drug-likeness (QED) is 0.480. The molecule has 1 amide bonds. The van der Waals surface area contributed by atoms with Crippen molar-refractivity contribution in [2.24, 2.45) is 5.73 Å². The number of tetrazole rings is 1. The lowest BCUT2D eigenvalue weighted by Crippen LogP contribution is -2.22. The molecule has 2 N–H and O–H groups in total. The van der Waals surface area contributed by atoms with Crippen molar-refractivity contribution >= 4 is 17.7 Å². The number of hydrogen-bond acceptors (Lipinski definition) is 7. The van der Waals surface area contributed by atoms with Gasteiger partial charge in [-0.15, -0.1) is 5.10 Å². The highest BCUT2D eigenvalue weighted by molar-refractivity contribution is 7.99. The number of amides is 1. The van der Waals surface area contributed by atoms with Gasteiger partial charge in [0.2, 0.25) is 11.1 Å². The van der Waals surface area contributed by atoms with E-state index in [2.05, 4.69) is 15.5 Å². The SMILES string of the molecule is COC(Cn1nnnc1SCC(N)=O)OC. The molecular weight excluding hydrogens is 234 g/mol. The Kier molecular flexibility index (Phi) is 5.15. The Morgan fingerprint density at radius 1 is 1.56 bits per heavy atom. The van der Waals surface area contributed by atoms with E-state index < -0.39 is 12.2 Å². The molecule has 0 saturated carbocycles. The van der Waals surface area contributed by atoms with E-state index in [4.69, 9.17) is 15.2 Å². The molecule has 0 radical (unpaired) electrons. The molecule has 0 unspecified atom stereocenters. The number of primary amides is 1. The Morgan fingerprint density at radius 2 is 2.25 bits per heavy atom. The molecule has 90 valence electrons. The highest BCUT2D eigenvalue weighted by Crippen LogP contribution is 2.13. The normalized spacial score (nSPS) is 10.9. The van der Waals surface area contributed by atoms with Gasteiger partial charge in [-0.1, -0.05) is 11.8 Å². The summed E-state index contributed by atoms with van der Waals surface area (Å²) >= 11 is 1.17. The van der Waals surface area contributed by atoms with Crippen molar-refractivity contribution in [3.05, 3.63) is 0 Å². The van der Waals surface area contributed by atoms with Crippen LogP contribution in [-0.2, 0) is 20.8 Å². The molecule has 0 spiro atoms. The fourth-order valence-electron chi connectivity index (χ4n) is 0.937. The van der Waals surface area contributed by atoms with Crippen molar-refractivity contribution in [2.75, 3.05) is 20.0 Å². The van der Waals surface area contributed by atoms with Gasteiger partial charge in [0.15, 0.2) is 6.29 Å². The first-order chi connectivity index (χ1) is 7.67. The van der Waals surface area contributed by atoms with Gasteiger partial charge in [-0.2, -0.15) is 0 Å². The van der Waals surface area contributed by atoms with E-state index in [0.29, 0.717) is 11.7 Å². The molecule has 1 aromatic rings. The van der Waals surface area contributed by atoms with Crippen molar-refractivity contribution in [1.82, 2.24) is 20.2 Å². The molecule has 1 aromatic heterocycles. The maximum absolute atomic E-state index is 10.6. The van der Waals surface area contributed by atoms with Crippen LogP contribution in [0.15, 0.2) is 5.16 Å². The summed E-state index contributed by atoms with van der Waals surface area (Å²) in [5, 5.41) is 11.5. The maximum Gasteiger partial charge on any atom is 0.227 e. The zero-order chi connectivity index (χ0) is 12.0. The summed E-state index contributed by atoms with van der Waals surface area (Å²) in [5.41, 5.74) is 5.03. The number of thioether (sulfide) groups is 1. The number of ether oxygens (including phenoxy) is 2. The maximum atomic E-state index is 10.6. The fourth-order valence-corrected chi connectivity index (χ4v) is 1.56. The summed E-state index contributed by atoms with van der Waals surface area (Å²) in [5.74, 6) is -0.292. The second kappa shape index (κ2) is 6.40. The smallest absolute Gasteiger partial charge is 0.227 e. The van der Waals surface area contributed by atoms with Gasteiger partial charge < -0.3 is 15.2 Å². The second-order valence-corrected chi connectivity index (χ2v) is 3.74. The zero-order valence-corrected chi connectivity index (χ0v) is 9.81. The van der Waals surface area contributed by atoms with Gasteiger partial charge in [0, 0.05) is 14.2 Å². The molecule has 0 aliphatic carbocycles. The van der Waals surface area contributed by atoms with Crippen LogP contribution < -0.4 is 5.73 Å². The Morgan fingerprint density at radius 3 is 2.81 bits per heavy atom. The molecule has 8 nitrogen and oxygen atoms in total. The predicted octanol–water partition coefficient (Wildman–Crippen LogP) is -1.13. The van der Waals surface area contributed by atoms with Crippen LogP contribution in [0.2, 0.25) is 0 Å². The van der Waals surface area contributed by atoms with Crippen LogP contribution >= 0.6 is 11.8 Å². The largest absolute Gasteiger partial charge is 0.369 e. The van der Waals surface area contributed by atoms with Crippen LogP contribution in [0.3, 0.4) is 0 Å². The van der Waals surface area contributed by atoms with Crippen LogP contribution in [0.4, 0.5) is 0 Å². The molecule has 16 heavy (non-hydrogen) atoms. The number of carbonyl (C=O) groups is 1. The summed E-state index contributed by atoms with van der Waals surface area (Å²) < 4.78 is 11.5. The van der Waals surface area contributed by atoms with Gasteiger partial charge in [0.25, 0.3) is 0 Å². The van der Waals surface area contributed by atoms with Crippen molar-refractivity contribution < 1.29 is 14.3 Å². The van der Waals surface area contributed by atoms with Gasteiger partial charge in [-0.25, -0.2) is 4.68 Å². The van der Waals surface area contributed by atoms with Crippen LogP contribution in [0.5, 0.6) is 0 Å². The van der Waals surface area contributed by atoms with Crippen molar-refractivity contribution in [2.45, 2.75) is 18.0 Å². The van der Waals surface area contributed by atoms with E-state index in [1.807, 2.05) is 0 Å². The van der Waals surface area contributed by atoms with E-state index in [9.17, 15) is 4.79 Å². The number of aromatic nitrogens is 4. The van der Waals surface area contributed by atoms with Gasteiger partial charge in [-0.3, -0.25) is 4.79 Å². The minimum Gasteiger partial charge on any atom is -0.369 e.